The first kappa shape index (κ1) is 22.0. The Bertz CT molecular complexity index is 476. The van der Waals surface area contributed by atoms with Crippen LogP contribution in [0.5, 0.6) is 0 Å². The van der Waals surface area contributed by atoms with Crippen LogP contribution in [-0.2, 0) is 9.84 Å². The predicted octanol–water partition coefficient (Wildman–Crippen LogP) is 1.47. The number of rotatable bonds is 6. The van der Waals surface area contributed by atoms with Crippen molar-refractivity contribution in [2.24, 2.45) is 10.9 Å². The van der Waals surface area contributed by atoms with E-state index in [4.69, 9.17) is 0 Å². The van der Waals surface area contributed by atoms with Gasteiger partial charge in [-0.1, -0.05) is 12.8 Å². The third kappa shape index (κ3) is 8.33. The molecule has 2 fully saturated rings. The minimum absolute atomic E-state index is 0. The lowest BCUT2D eigenvalue weighted by molar-refractivity contribution is 0.282. The molecule has 1 unspecified atom stereocenters. The van der Waals surface area contributed by atoms with Crippen LogP contribution >= 0.6 is 24.0 Å². The maximum Gasteiger partial charge on any atom is 0.190 e. The molecule has 2 rings (SSSR count). The third-order valence-corrected chi connectivity index (χ3v) is 6.59. The Kier molecular flexibility index (Phi) is 10.5. The summed E-state index contributed by atoms with van der Waals surface area (Å²) in [5.41, 5.74) is 0. The van der Waals surface area contributed by atoms with Gasteiger partial charge >= 0.3 is 0 Å². The molecule has 2 aliphatic rings. The van der Waals surface area contributed by atoms with Crippen LogP contribution in [0.15, 0.2) is 4.99 Å². The number of nitrogens with one attached hydrogen (secondary N) is 2. The van der Waals surface area contributed by atoms with E-state index < -0.39 is 9.84 Å². The van der Waals surface area contributed by atoms with Crippen LogP contribution < -0.4 is 10.6 Å². The third-order valence-electron chi connectivity index (χ3n) is 4.75. The van der Waals surface area contributed by atoms with Crippen LogP contribution in [0.3, 0.4) is 0 Å². The molecule has 6 nitrogen and oxygen atoms in total. The van der Waals surface area contributed by atoms with Gasteiger partial charge in [-0.15, -0.1) is 24.0 Å². The van der Waals surface area contributed by atoms with E-state index in [1.54, 1.807) is 7.05 Å². The first-order valence-electron chi connectivity index (χ1n) is 8.96. The molecule has 0 aromatic carbocycles. The second kappa shape index (κ2) is 11.5. The largest absolute Gasteiger partial charge is 0.356 e. The van der Waals surface area contributed by atoms with Crippen molar-refractivity contribution in [2.45, 2.75) is 38.5 Å². The predicted molar refractivity (Wildman–Crippen MR) is 111 cm³/mol. The smallest absolute Gasteiger partial charge is 0.190 e. The van der Waals surface area contributed by atoms with E-state index in [9.17, 15) is 8.42 Å². The molecule has 2 saturated heterocycles. The molecule has 0 amide bonds. The van der Waals surface area contributed by atoms with Crippen molar-refractivity contribution >= 4 is 39.8 Å². The van der Waals surface area contributed by atoms with Crippen LogP contribution in [0.2, 0.25) is 0 Å². The topological polar surface area (TPSA) is 73.8 Å². The molecule has 2 N–H and O–H groups in total. The van der Waals surface area contributed by atoms with E-state index in [0.29, 0.717) is 18.1 Å². The van der Waals surface area contributed by atoms with Crippen molar-refractivity contribution in [3.63, 3.8) is 0 Å². The molecule has 24 heavy (non-hydrogen) atoms. The summed E-state index contributed by atoms with van der Waals surface area (Å²) in [4.78, 5) is 6.78. The molecule has 2 aliphatic heterocycles. The Morgan fingerprint density at radius 1 is 1.17 bits per heavy atom. The molecule has 0 aromatic rings. The van der Waals surface area contributed by atoms with Crippen molar-refractivity contribution in [3.05, 3.63) is 0 Å². The zero-order chi connectivity index (χ0) is 16.5. The average Bonchev–Trinajstić information content (AvgIpc) is 2.73. The maximum absolute atomic E-state index is 11.5. The maximum atomic E-state index is 11.5. The molecule has 8 heteroatoms. The van der Waals surface area contributed by atoms with Crippen LogP contribution in [0.4, 0.5) is 0 Å². The van der Waals surface area contributed by atoms with E-state index in [1.165, 1.54) is 38.8 Å². The van der Waals surface area contributed by atoms with E-state index in [2.05, 4.69) is 20.5 Å². The highest BCUT2D eigenvalue weighted by Crippen LogP contribution is 2.17. The second-order valence-corrected chi connectivity index (χ2v) is 8.99. The molecule has 0 spiro atoms. The van der Waals surface area contributed by atoms with Crippen molar-refractivity contribution < 1.29 is 8.42 Å². The van der Waals surface area contributed by atoms with E-state index >= 15 is 0 Å². The Hall–Kier alpha value is -0.0900. The fourth-order valence-electron chi connectivity index (χ4n) is 3.36. The number of halogens is 1. The van der Waals surface area contributed by atoms with Crippen LogP contribution in [-0.4, -0.2) is 70.6 Å². The lowest BCUT2D eigenvalue weighted by Crippen LogP contribution is -2.41. The fraction of sp³-hybridized carbons (Fsp3) is 0.938. The summed E-state index contributed by atoms with van der Waals surface area (Å²) >= 11 is 0. The van der Waals surface area contributed by atoms with Gasteiger partial charge in [-0.05, 0) is 51.2 Å². The van der Waals surface area contributed by atoms with Crippen molar-refractivity contribution in [1.29, 1.82) is 0 Å². The monoisotopic (exact) mass is 472 g/mol. The van der Waals surface area contributed by atoms with Gasteiger partial charge in [0.25, 0.3) is 0 Å². The SMILES string of the molecule is CN=C(NCCCN1CCCCCC1)NCC1CCS(=O)(=O)C1.I. The number of aliphatic imine (C=N–C) groups is 1. The van der Waals surface area contributed by atoms with Crippen LogP contribution in [0, 0.1) is 5.92 Å². The lowest BCUT2D eigenvalue weighted by atomic mass is 10.1. The highest BCUT2D eigenvalue weighted by Gasteiger charge is 2.27. The van der Waals surface area contributed by atoms with Crippen LogP contribution in [0.1, 0.15) is 38.5 Å². The number of hydrogen-bond donors (Lipinski definition) is 2. The molecule has 0 bridgehead atoms. The number of sulfone groups is 1. The number of nitrogens with zero attached hydrogens (tertiary/aromatic N) is 2. The molecule has 0 saturated carbocycles. The number of guanidine groups is 1. The highest BCUT2D eigenvalue weighted by molar-refractivity contribution is 14.0. The Morgan fingerprint density at radius 2 is 1.88 bits per heavy atom. The van der Waals surface area contributed by atoms with Gasteiger partial charge in [0.05, 0.1) is 11.5 Å². The number of likely N-dealkylation sites (tertiary alicyclic amines) is 1. The Balaban J connectivity index is 0.00000288. The van der Waals surface area contributed by atoms with Gasteiger partial charge in [0.2, 0.25) is 0 Å². The van der Waals surface area contributed by atoms with E-state index in [0.717, 1.165) is 31.9 Å². The van der Waals surface area contributed by atoms with Crippen molar-refractivity contribution in [1.82, 2.24) is 15.5 Å². The fourth-order valence-corrected chi connectivity index (χ4v) is 5.23. The van der Waals surface area contributed by atoms with Gasteiger partial charge in [-0.3, -0.25) is 4.99 Å². The molecular formula is C16H33IN4O2S. The van der Waals surface area contributed by atoms with Gasteiger partial charge in [0, 0.05) is 20.1 Å². The summed E-state index contributed by atoms with van der Waals surface area (Å²) in [5, 5.41) is 6.59. The second-order valence-electron chi connectivity index (χ2n) is 6.76. The minimum atomic E-state index is -2.79. The zero-order valence-electron chi connectivity index (χ0n) is 14.8. The average molecular weight is 472 g/mol. The van der Waals surface area contributed by atoms with Crippen molar-refractivity contribution in [3.8, 4) is 0 Å². The summed E-state index contributed by atoms with van der Waals surface area (Å²) in [6.07, 6.45) is 7.30. The molecule has 2 heterocycles. The first-order valence-corrected chi connectivity index (χ1v) is 10.8. The van der Waals surface area contributed by atoms with E-state index in [-0.39, 0.29) is 29.9 Å². The lowest BCUT2D eigenvalue weighted by Gasteiger charge is -2.20. The summed E-state index contributed by atoms with van der Waals surface area (Å²) in [7, 11) is -1.03. The van der Waals surface area contributed by atoms with E-state index in [1.807, 2.05) is 0 Å². The van der Waals surface area contributed by atoms with Crippen molar-refractivity contribution in [2.75, 3.05) is 51.3 Å². The molecule has 0 aliphatic carbocycles. The molecule has 0 radical (unpaired) electrons. The molecule has 142 valence electrons. The first-order chi connectivity index (χ1) is 11.1. The molecule has 1 atom stereocenters. The minimum Gasteiger partial charge on any atom is -0.356 e. The summed E-state index contributed by atoms with van der Waals surface area (Å²) in [6, 6.07) is 0. The number of hydrogen-bond acceptors (Lipinski definition) is 4. The van der Waals surface area contributed by atoms with Gasteiger partial charge < -0.3 is 15.5 Å². The summed E-state index contributed by atoms with van der Waals surface area (Å²) in [5.74, 6) is 1.65. The highest BCUT2D eigenvalue weighted by atomic mass is 127. The Morgan fingerprint density at radius 3 is 2.46 bits per heavy atom. The summed E-state index contributed by atoms with van der Waals surface area (Å²) in [6.45, 7) is 5.21. The quantitative estimate of drug-likeness (QED) is 0.265. The molecular weight excluding hydrogens is 439 g/mol. The standard InChI is InChI=1S/C16H32N4O2S.HI/c1-17-16(19-13-15-7-12-23(21,22)14-15)18-8-6-11-20-9-4-2-3-5-10-20;/h15H,2-14H2,1H3,(H2,17,18,19);1H. The Labute approximate surface area is 164 Å². The summed E-state index contributed by atoms with van der Waals surface area (Å²) < 4.78 is 22.9. The molecule has 0 aromatic heterocycles. The van der Waals surface area contributed by atoms with Gasteiger partial charge in [-0.2, -0.15) is 0 Å². The zero-order valence-corrected chi connectivity index (χ0v) is 17.9. The van der Waals surface area contributed by atoms with Gasteiger partial charge in [-0.25, -0.2) is 8.42 Å². The van der Waals surface area contributed by atoms with Gasteiger partial charge in [0.15, 0.2) is 15.8 Å². The van der Waals surface area contributed by atoms with Gasteiger partial charge in [0.1, 0.15) is 0 Å². The normalized spacial score (nSPS) is 24.9. The van der Waals surface area contributed by atoms with Crippen LogP contribution in [0.25, 0.3) is 0 Å².